The first-order valence-electron chi connectivity index (χ1n) is 10.5. The topological polar surface area (TPSA) is 121 Å². The van der Waals surface area contributed by atoms with Crippen LogP contribution < -0.4 is 20.9 Å². The first-order chi connectivity index (χ1) is 14.9. The van der Waals surface area contributed by atoms with E-state index in [-0.39, 0.29) is 18.6 Å². The largest absolute Gasteiger partial charge is 0.396 e. The number of nitrogens with one attached hydrogen (secondary N) is 3. The number of piperidine rings is 1. The number of aliphatic hydroxyl groups is 1. The van der Waals surface area contributed by atoms with Gasteiger partial charge in [-0.05, 0) is 36.6 Å². The van der Waals surface area contributed by atoms with Crippen molar-refractivity contribution in [3.63, 3.8) is 0 Å². The third-order valence-corrected chi connectivity index (χ3v) is 6.36. The summed E-state index contributed by atoms with van der Waals surface area (Å²) in [5, 5.41) is 14.2. The summed E-state index contributed by atoms with van der Waals surface area (Å²) in [6.45, 7) is 3.30. The van der Waals surface area contributed by atoms with Gasteiger partial charge in [-0.25, -0.2) is 4.98 Å². The molecule has 8 nitrogen and oxygen atoms in total. The zero-order valence-corrected chi connectivity index (χ0v) is 18.2. The van der Waals surface area contributed by atoms with E-state index in [9.17, 15) is 9.90 Å². The van der Waals surface area contributed by atoms with Crippen molar-refractivity contribution in [1.82, 2.24) is 15.3 Å². The summed E-state index contributed by atoms with van der Waals surface area (Å²) in [5.74, 6) is 0.799. The van der Waals surface area contributed by atoms with Crippen LogP contribution in [0.15, 0.2) is 36.8 Å². The van der Waals surface area contributed by atoms with Crippen molar-refractivity contribution in [2.45, 2.75) is 37.8 Å². The number of hydrogen-bond donors (Lipinski definition) is 4. The van der Waals surface area contributed by atoms with E-state index in [0.29, 0.717) is 37.4 Å². The minimum absolute atomic E-state index is 0.0389. The van der Waals surface area contributed by atoms with Crippen molar-refractivity contribution in [3.05, 3.63) is 52.9 Å². The second kappa shape index (κ2) is 8.82. The lowest BCUT2D eigenvalue weighted by molar-refractivity contribution is -0.367. The van der Waals surface area contributed by atoms with Gasteiger partial charge in [0.15, 0.2) is 0 Å². The lowest BCUT2D eigenvalue weighted by Crippen LogP contribution is -2.60. The van der Waals surface area contributed by atoms with E-state index in [4.69, 9.17) is 17.3 Å². The third kappa shape index (κ3) is 4.37. The van der Waals surface area contributed by atoms with E-state index in [2.05, 4.69) is 25.2 Å². The van der Waals surface area contributed by atoms with Gasteiger partial charge in [0.1, 0.15) is 10.9 Å². The summed E-state index contributed by atoms with van der Waals surface area (Å²) >= 11 is 5.98. The highest BCUT2D eigenvalue weighted by Crippen LogP contribution is 2.29. The number of amides is 1. The van der Waals surface area contributed by atoms with Crippen molar-refractivity contribution >= 4 is 34.4 Å². The van der Waals surface area contributed by atoms with Crippen LogP contribution in [0.3, 0.4) is 0 Å². The maximum atomic E-state index is 13.1. The summed E-state index contributed by atoms with van der Waals surface area (Å²) in [6.07, 6.45) is 5.07. The molecule has 4 rings (SSSR count). The molecule has 1 fully saturated rings. The van der Waals surface area contributed by atoms with Crippen molar-refractivity contribution in [2.24, 2.45) is 5.73 Å². The number of aromatic amines is 2. The fourth-order valence-corrected chi connectivity index (χ4v) is 4.32. The van der Waals surface area contributed by atoms with E-state index in [1.165, 1.54) is 0 Å². The molecule has 1 aliphatic heterocycles. The van der Waals surface area contributed by atoms with E-state index in [1.807, 2.05) is 25.3 Å². The number of nitrogens with two attached hydrogens (primary N) is 1. The molecular weight excluding hydrogens is 416 g/mol. The molecule has 1 aliphatic rings. The van der Waals surface area contributed by atoms with Gasteiger partial charge in [0.05, 0.1) is 19.1 Å². The highest BCUT2D eigenvalue weighted by Gasteiger charge is 2.41. The van der Waals surface area contributed by atoms with E-state index in [1.54, 1.807) is 18.5 Å². The molecule has 1 amide bonds. The molecule has 3 aromatic rings. The van der Waals surface area contributed by atoms with Gasteiger partial charge in [-0.2, -0.15) is 0 Å². The summed E-state index contributed by atoms with van der Waals surface area (Å²) in [4.78, 5) is 26.1. The van der Waals surface area contributed by atoms with E-state index in [0.717, 1.165) is 28.0 Å². The number of aliphatic hydroxyl groups excluding tert-OH is 1. The zero-order chi connectivity index (χ0) is 22.0. The first kappa shape index (κ1) is 21.5. The Balaban J connectivity index is 1.46. The van der Waals surface area contributed by atoms with Crippen molar-refractivity contribution < 1.29 is 14.9 Å². The summed E-state index contributed by atoms with van der Waals surface area (Å²) < 4.78 is 0. The molecule has 0 unspecified atom stereocenters. The highest BCUT2D eigenvalue weighted by molar-refractivity contribution is 6.30. The average Bonchev–Trinajstić information content (AvgIpc) is 3.16. The Morgan fingerprint density at radius 2 is 2.10 bits per heavy atom. The molecule has 164 valence electrons. The van der Waals surface area contributed by atoms with Gasteiger partial charge in [-0.15, -0.1) is 0 Å². The number of halogens is 1. The van der Waals surface area contributed by atoms with E-state index >= 15 is 0 Å². The molecule has 0 bridgehead atoms. The summed E-state index contributed by atoms with van der Waals surface area (Å²) in [6, 6.07) is 6.96. The number of benzene rings is 1. The number of carbonyl (C=O) groups is 1. The Kier molecular flexibility index (Phi) is 6.13. The molecule has 3 heterocycles. The number of aryl methyl sites for hydroxylation is 1. The van der Waals surface area contributed by atoms with Crippen LogP contribution in [-0.4, -0.2) is 46.2 Å². The van der Waals surface area contributed by atoms with Gasteiger partial charge in [-0.3, -0.25) is 9.69 Å². The van der Waals surface area contributed by atoms with Crippen LogP contribution >= 0.6 is 11.6 Å². The number of nitrogens with zero attached hydrogens (tertiary/aromatic N) is 2. The number of H-pyrrole nitrogens is 2. The summed E-state index contributed by atoms with van der Waals surface area (Å²) in [5.41, 5.74) is 8.45. The molecule has 31 heavy (non-hydrogen) atoms. The lowest BCUT2D eigenvalue weighted by Gasteiger charge is -2.37. The standard InChI is InChI=1S/C22H27ClN6O2/c1-14-12-25-19-18(14)20(27-13-26-19)29-9-7-22(24,8-10-29)21(31)28-17(6-11-30)15-2-4-16(23)5-3-15/h2-5,12-13,17,30H,6-11,24H2,1H3,(H,28,31)(H,25,26,27)/p+1/t17-/m0/s1. The van der Waals surface area contributed by atoms with Crippen molar-refractivity contribution in [2.75, 3.05) is 24.6 Å². The quantitative estimate of drug-likeness (QED) is 0.463. The van der Waals surface area contributed by atoms with Gasteiger partial charge in [0.2, 0.25) is 23.7 Å². The molecule has 0 saturated carbocycles. The smallest absolute Gasteiger partial charge is 0.240 e. The molecule has 1 aromatic carbocycles. The maximum absolute atomic E-state index is 13.1. The molecular formula is C22H28ClN6O2+. The van der Waals surface area contributed by atoms with Crippen LogP contribution in [0.2, 0.25) is 5.02 Å². The van der Waals surface area contributed by atoms with Crippen LogP contribution in [0.1, 0.15) is 36.4 Å². The predicted molar refractivity (Wildman–Crippen MR) is 120 cm³/mol. The molecule has 0 aliphatic carbocycles. The first-order valence-corrected chi connectivity index (χ1v) is 10.8. The lowest BCUT2D eigenvalue weighted by atomic mass is 9.87. The predicted octanol–water partition coefficient (Wildman–Crippen LogP) is 1.88. The fraction of sp³-hybridized carbons (Fsp3) is 0.409. The van der Waals surface area contributed by atoms with Crippen LogP contribution in [0.4, 0.5) is 5.82 Å². The molecule has 6 N–H and O–H groups in total. The SMILES string of the molecule is Cc1c[nH]c2nc[nH+]c(N3CCC(N)(C(=O)N[C@@H](CCO)c4ccc(Cl)cc4)CC3)c12. The third-order valence-electron chi connectivity index (χ3n) is 6.11. The average molecular weight is 444 g/mol. The molecule has 9 heteroatoms. The Bertz CT molecular complexity index is 1060. The molecule has 2 aromatic heterocycles. The molecule has 1 atom stereocenters. The number of fused-ring (bicyclic) bond motifs is 1. The van der Waals surface area contributed by atoms with Gasteiger partial charge in [-0.1, -0.05) is 28.7 Å². The Morgan fingerprint density at radius 3 is 2.77 bits per heavy atom. The van der Waals surface area contributed by atoms with Gasteiger partial charge in [0.25, 0.3) is 0 Å². The van der Waals surface area contributed by atoms with Crippen LogP contribution in [0.5, 0.6) is 0 Å². The number of rotatable bonds is 6. The Labute approximate surface area is 185 Å². The number of hydrogen-bond acceptors (Lipinski definition) is 5. The van der Waals surface area contributed by atoms with Crippen LogP contribution in [0, 0.1) is 6.92 Å². The minimum Gasteiger partial charge on any atom is -0.396 e. The monoisotopic (exact) mass is 443 g/mol. The fourth-order valence-electron chi connectivity index (χ4n) is 4.19. The molecule has 1 saturated heterocycles. The zero-order valence-electron chi connectivity index (χ0n) is 17.5. The van der Waals surface area contributed by atoms with Gasteiger partial charge < -0.3 is 21.1 Å². The number of aromatic nitrogens is 3. The normalized spacial score (nSPS) is 17.0. The molecule has 0 radical (unpaired) electrons. The van der Waals surface area contributed by atoms with Crippen molar-refractivity contribution in [3.8, 4) is 0 Å². The van der Waals surface area contributed by atoms with Gasteiger partial charge >= 0.3 is 0 Å². The van der Waals surface area contributed by atoms with E-state index < -0.39 is 5.54 Å². The van der Waals surface area contributed by atoms with Crippen molar-refractivity contribution in [1.29, 1.82) is 0 Å². The summed E-state index contributed by atoms with van der Waals surface area (Å²) in [7, 11) is 0. The minimum atomic E-state index is -0.962. The second-order valence-electron chi connectivity index (χ2n) is 8.18. The number of carbonyl (C=O) groups excluding carboxylic acids is 1. The van der Waals surface area contributed by atoms with Crippen LogP contribution in [0.25, 0.3) is 11.0 Å². The Morgan fingerprint density at radius 1 is 1.39 bits per heavy atom. The Hall–Kier alpha value is -2.68. The second-order valence-corrected chi connectivity index (χ2v) is 8.62. The molecule has 0 spiro atoms. The van der Waals surface area contributed by atoms with Gasteiger partial charge in [0, 0.05) is 30.7 Å². The number of anilines is 1. The maximum Gasteiger partial charge on any atom is 0.240 e. The van der Waals surface area contributed by atoms with Crippen LogP contribution in [-0.2, 0) is 4.79 Å². The highest BCUT2D eigenvalue weighted by atomic mass is 35.5.